The van der Waals surface area contributed by atoms with Gasteiger partial charge in [-0.15, -0.1) is 0 Å². The van der Waals surface area contributed by atoms with Crippen molar-refractivity contribution in [1.29, 1.82) is 0 Å². The number of amides is 1. The SMILES string of the molecule is Cc1ccc(F)cc1NC(=O)c1cc(S(=O)(=O)N2CCCCC2)ccc1Cl. The number of carbonyl (C=O) groups excluding carboxylic acids is 1. The van der Waals surface area contributed by atoms with Crippen LogP contribution < -0.4 is 5.32 Å². The van der Waals surface area contributed by atoms with E-state index in [0.717, 1.165) is 19.3 Å². The molecule has 0 aromatic heterocycles. The molecule has 1 aliphatic heterocycles. The van der Waals surface area contributed by atoms with Gasteiger partial charge in [-0.2, -0.15) is 4.31 Å². The molecule has 1 saturated heterocycles. The van der Waals surface area contributed by atoms with E-state index in [9.17, 15) is 17.6 Å². The molecule has 0 atom stereocenters. The quantitative estimate of drug-likeness (QED) is 0.820. The summed E-state index contributed by atoms with van der Waals surface area (Å²) in [7, 11) is -3.69. The Hall–Kier alpha value is -1.96. The van der Waals surface area contributed by atoms with Crippen molar-refractivity contribution in [3.05, 3.63) is 58.4 Å². The summed E-state index contributed by atoms with van der Waals surface area (Å²) in [5.41, 5.74) is 1.01. The summed E-state index contributed by atoms with van der Waals surface area (Å²) in [6.45, 7) is 2.66. The molecule has 1 N–H and O–H groups in total. The third-order valence-electron chi connectivity index (χ3n) is 4.58. The molecule has 0 unspecified atom stereocenters. The monoisotopic (exact) mass is 410 g/mol. The van der Waals surface area contributed by atoms with E-state index in [0.29, 0.717) is 24.3 Å². The van der Waals surface area contributed by atoms with Crippen molar-refractivity contribution in [2.45, 2.75) is 31.1 Å². The van der Waals surface area contributed by atoms with Crippen molar-refractivity contribution in [1.82, 2.24) is 4.31 Å². The molecular formula is C19H20ClFN2O3S. The Morgan fingerprint density at radius 2 is 1.81 bits per heavy atom. The van der Waals surface area contributed by atoms with Gasteiger partial charge in [0.1, 0.15) is 5.82 Å². The summed E-state index contributed by atoms with van der Waals surface area (Å²) in [4.78, 5) is 12.7. The van der Waals surface area contributed by atoms with Gasteiger partial charge < -0.3 is 5.32 Å². The second-order valence-corrected chi connectivity index (χ2v) is 8.86. The molecule has 2 aromatic rings. The zero-order valence-corrected chi connectivity index (χ0v) is 16.4. The lowest BCUT2D eigenvalue weighted by atomic mass is 10.1. The Morgan fingerprint density at radius 3 is 2.52 bits per heavy atom. The van der Waals surface area contributed by atoms with Crippen LogP contribution in [-0.4, -0.2) is 31.7 Å². The molecule has 0 bridgehead atoms. The van der Waals surface area contributed by atoms with Crippen molar-refractivity contribution >= 4 is 33.2 Å². The maximum Gasteiger partial charge on any atom is 0.257 e. The predicted molar refractivity (Wildman–Crippen MR) is 103 cm³/mol. The number of anilines is 1. The molecule has 1 fully saturated rings. The maximum atomic E-state index is 13.4. The van der Waals surface area contributed by atoms with Crippen LogP contribution in [0.2, 0.25) is 5.02 Å². The van der Waals surface area contributed by atoms with Crippen LogP contribution in [0.4, 0.5) is 10.1 Å². The van der Waals surface area contributed by atoms with Gasteiger partial charge in [0.2, 0.25) is 10.0 Å². The molecule has 0 spiro atoms. The summed E-state index contributed by atoms with van der Waals surface area (Å²) in [6.07, 6.45) is 2.64. The highest BCUT2D eigenvalue weighted by atomic mass is 35.5. The summed E-state index contributed by atoms with van der Waals surface area (Å²) >= 11 is 6.12. The molecule has 0 aliphatic carbocycles. The van der Waals surface area contributed by atoms with Gasteiger partial charge in [0.25, 0.3) is 5.91 Å². The van der Waals surface area contributed by atoms with Crippen molar-refractivity contribution in [2.24, 2.45) is 0 Å². The first kappa shape index (κ1) is 19.8. The van der Waals surface area contributed by atoms with Crippen molar-refractivity contribution in [3.63, 3.8) is 0 Å². The van der Waals surface area contributed by atoms with E-state index in [2.05, 4.69) is 5.32 Å². The van der Waals surface area contributed by atoms with Crippen LogP contribution in [0, 0.1) is 12.7 Å². The van der Waals surface area contributed by atoms with E-state index in [1.165, 1.54) is 34.6 Å². The number of aryl methyl sites for hydroxylation is 1. The molecule has 8 heteroatoms. The summed E-state index contributed by atoms with van der Waals surface area (Å²) in [5, 5.41) is 2.72. The number of benzene rings is 2. The highest BCUT2D eigenvalue weighted by molar-refractivity contribution is 7.89. The molecule has 1 heterocycles. The normalized spacial score (nSPS) is 15.5. The highest BCUT2D eigenvalue weighted by Crippen LogP contribution is 2.26. The summed E-state index contributed by atoms with van der Waals surface area (Å²) in [5.74, 6) is -1.08. The van der Waals surface area contributed by atoms with Gasteiger partial charge in [-0.3, -0.25) is 4.79 Å². The van der Waals surface area contributed by atoms with Crippen LogP contribution in [0.25, 0.3) is 0 Å². The minimum absolute atomic E-state index is 0.0231. The molecule has 0 saturated carbocycles. The Kier molecular flexibility index (Phi) is 5.83. The van der Waals surface area contributed by atoms with Crippen molar-refractivity contribution in [3.8, 4) is 0 Å². The third-order valence-corrected chi connectivity index (χ3v) is 6.81. The van der Waals surface area contributed by atoms with Crippen LogP contribution in [0.5, 0.6) is 0 Å². The van der Waals surface area contributed by atoms with Crippen LogP contribution in [-0.2, 0) is 10.0 Å². The topological polar surface area (TPSA) is 66.5 Å². The van der Waals surface area contributed by atoms with E-state index in [1.54, 1.807) is 13.0 Å². The van der Waals surface area contributed by atoms with Gasteiger partial charge in [-0.1, -0.05) is 24.1 Å². The molecule has 27 heavy (non-hydrogen) atoms. The summed E-state index contributed by atoms with van der Waals surface area (Å²) in [6, 6.07) is 8.11. The zero-order chi connectivity index (χ0) is 19.6. The molecule has 0 radical (unpaired) electrons. The van der Waals surface area contributed by atoms with Gasteiger partial charge in [-0.05, 0) is 55.7 Å². The predicted octanol–water partition coefficient (Wildman–Crippen LogP) is 4.21. The maximum absolute atomic E-state index is 13.4. The van der Waals surface area contributed by atoms with Gasteiger partial charge in [-0.25, -0.2) is 12.8 Å². The lowest BCUT2D eigenvalue weighted by molar-refractivity contribution is 0.102. The fraction of sp³-hybridized carbons (Fsp3) is 0.316. The largest absolute Gasteiger partial charge is 0.322 e. The number of piperidine rings is 1. The number of rotatable bonds is 4. The molecule has 2 aromatic carbocycles. The zero-order valence-electron chi connectivity index (χ0n) is 14.8. The number of sulfonamides is 1. The second-order valence-electron chi connectivity index (χ2n) is 6.52. The van der Waals surface area contributed by atoms with Gasteiger partial charge in [0.15, 0.2) is 0 Å². The van der Waals surface area contributed by atoms with E-state index < -0.39 is 21.7 Å². The number of hydrogen-bond acceptors (Lipinski definition) is 3. The van der Waals surface area contributed by atoms with Crippen LogP contribution in [0.3, 0.4) is 0 Å². The summed E-state index contributed by atoms with van der Waals surface area (Å²) < 4.78 is 40.5. The molecule has 1 aliphatic rings. The smallest absolute Gasteiger partial charge is 0.257 e. The first-order chi connectivity index (χ1) is 12.8. The van der Waals surface area contributed by atoms with Gasteiger partial charge in [0, 0.05) is 18.8 Å². The molecule has 144 valence electrons. The fourth-order valence-electron chi connectivity index (χ4n) is 3.01. The molecule has 1 amide bonds. The minimum atomic E-state index is -3.69. The van der Waals surface area contributed by atoms with E-state index in [4.69, 9.17) is 11.6 Å². The van der Waals surface area contributed by atoms with Gasteiger partial charge >= 0.3 is 0 Å². The molecule has 5 nitrogen and oxygen atoms in total. The van der Waals surface area contributed by atoms with Crippen LogP contribution >= 0.6 is 11.6 Å². The Labute approximate surface area is 163 Å². The lowest BCUT2D eigenvalue weighted by Crippen LogP contribution is -2.35. The number of nitrogens with one attached hydrogen (secondary N) is 1. The lowest BCUT2D eigenvalue weighted by Gasteiger charge is -2.26. The first-order valence-corrected chi connectivity index (χ1v) is 10.5. The average Bonchev–Trinajstić information content (AvgIpc) is 2.65. The Bertz CT molecular complexity index is 973. The van der Waals surface area contributed by atoms with Crippen LogP contribution in [0.15, 0.2) is 41.3 Å². The van der Waals surface area contributed by atoms with Crippen LogP contribution in [0.1, 0.15) is 35.2 Å². The van der Waals surface area contributed by atoms with Crippen molar-refractivity contribution < 1.29 is 17.6 Å². The minimum Gasteiger partial charge on any atom is -0.322 e. The highest BCUT2D eigenvalue weighted by Gasteiger charge is 2.27. The number of nitrogens with zero attached hydrogens (tertiary/aromatic N) is 1. The number of carbonyl (C=O) groups is 1. The standard InChI is InChI=1S/C19H20ClFN2O3S/c1-13-5-6-14(21)11-18(13)22-19(24)16-12-15(7-8-17(16)20)27(25,26)23-9-3-2-4-10-23/h5-8,11-12H,2-4,9-10H2,1H3,(H,22,24). The van der Waals surface area contributed by atoms with Gasteiger partial charge in [0.05, 0.1) is 15.5 Å². The molecule has 3 rings (SSSR count). The molecular weight excluding hydrogens is 391 g/mol. The fourth-order valence-corrected chi connectivity index (χ4v) is 4.76. The third kappa shape index (κ3) is 4.31. The van der Waals surface area contributed by atoms with Crippen molar-refractivity contribution in [2.75, 3.05) is 18.4 Å². The van der Waals surface area contributed by atoms with E-state index in [-0.39, 0.29) is 15.5 Å². The first-order valence-electron chi connectivity index (χ1n) is 8.66. The Morgan fingerprint density at radius 1 is 1.11 bits per heavy atom. The number of hydrogen-bond donors (Lipinski definition) is 1. The second kappa shape index (κ2) is 7.96. The number of halogens is 2. The Balaban J connectivity index is 1.91. The van der Waals surface area contributed by atoms with E-state index >= 15 is 0 Å². The average molecular weight is 411 g/mol. The van der Waals surface area contributed by atoms with E-state index in [1.807, 2.05) is 0 Å².